The van der Waals surface area contributed by atoms with Gasteiger partial charge < -0.3 is 0 Å². The van der Waals surface area contributed by atoms with Gasteiger partial charge in [-0.1, -0.05) is 23.2 Å². The summed E-state index contributed by atoms with van der Waals surface area (Å²) in [4.78, 5) is 28.1. The Morgan fingerprint density at radius 1 is 0.963 bits per heavy atom. The molecule has 1 saturated carbocycles. The number of likely N-dealkylation sites (tertiary alicyclic amines) is 1. The van der Waals surface area contributed by atoms with Crippen molar-refractivity contribution in [2.75, 3.05) is 26.2 Å². The third kappa shape index (κ3) is 3.49. The first kappa shape index (κ1) is 19.1. The lowest BCUT2D eigenvalue weighted by molar-refractivity contribution is -0.140. The van der Waals surface area contributed by atoms with E-state index in [1.54, 1.807) is 0 Å². The minimum atomic E-state index is -3.69. The highest BCUT2D eigenvalue weighted by molar-refractivity contribution is 7.89. The van der Waals surface area contributed by atoms with Gasteiger partial charge in [0.25, 0.3) is 0 Å². The molecule has 0 bridgehead atoms. The van der Waals surface area contributed by atoms with Crippen molar-refractivity contribution in [1.82, 2.24) is 14.1 Å². The minimum Gasteiger partial charge on any atom is -0.289 e. The van der Waals surface area contributed by atoms with Crippen molar-refractivity contribution in [3.05, 3.63) is 28.2 Å². The molecule has 1 aliphatic carbocycles. The first-order valence-corrected chi connectivity index (χ1v) is 11.0. The number of amides is 2. The average molecular weight is 432 g/mol. The molecule has 2 aliphatic heterocycles. The smallest absolute Gasteiger partial charge is 0.247 e. The zero-order valence-electron chi connectivity index (χ0n) is 14.5. The van der Waals surface area contributed by atoms with Crippen molar-refractivity contribution in [3.8, 4) is 0 Å². The number of imide groups is 1. The van der Waals surface area contributed by atoms with Gasteiger partial charge >= 0.3 is 0 Å². The second-order valence-corrected chi connectivity index (χ2v) is 9.82. The molecule has 1 atom stereocenters. The molecule has 2 amide bonds. The molecule has 3 aliphatic rings. The zero-order chi connectivity index (χ0) is 19.3. The lowest BCUT2D eigenvalue weighted by Crippen LogP contribution is -2.53. The maximum atomic E-state index is 12.8. The van der Waals surface area contributed by atoms with Crippen molar-refractivity contribution in [1.29, 1.82) is 0 Å². The van der Waals surface area contributed by atoms with E-state index in [9.17, 15) is 18.0 Å². The molecule has 1 aromatic rings. The van der Waals surface area contributed by atoms with Crippen molar-refractivity contribution < 1.29 is 18.0 Å². The fourth-order valence-electron chi connectivity index (χ4n) is 3.68. The molecule has 0 aromatic heterocycles. The first-order chi connectivity index (χ1) is 12.8. The Bertz CT molecular complexity index is 895. The van der Waals surface area contributed by atoms with Crippen LogP contribution in [0.15, 0.2) is 23.1 Å². The summed E-state index contributed by atoms with van der Waals surface area (Å²) in [5, 5.41) is 0.483. The molecular formula is C17H19Cl2N3O4S. The molecule has 0 N–H and O–H groups in total. The van der Waals surface area contributed by atoms with Crippen molar-refractivity contribution in [2.45, 2.75) is 36.2 Å². The fourth-order valence-corrected chi connectivity index (χ4v) is 5.49. The Kier molecular flexibility index (Phi) is 4.97. The second-order valence-electron chi connectivity index (χ2n) is 7.07. The number of sulfonamides is 1. The highest BCUT2D eigenvalue weighted by Crippen LogP contribution is 2.33. The summed E-state index contributed by atoms with van der Waals surface area (Å²) in [6, 6.07) is 3.85. The number of carbonyl (C=O) groups excluding carboxylic acids is 2. The van der Waals surface area contributed by atoms with Gasteiger partial charge in [0.2, 0.25) is 21.8 Å². The van der Waals surface area contributed by atoms with Crippen LogP contribution in [0.2, 0.25) is 10.0 Å². The summed E-state index contributed by atoms with van der Waals surface area (Å²) >= 11 is 11.8. The number of halogens is 2. The van der Waals surface area contributed by atoms with Gasteiger partial charge in [0.05, 0.1) is 27.4 Å². The van der Waals surface area contributed by atoms with E-state index in [1.165, 1.54) is 27.4 Å². The van der Waals surface area contributed by atoms with Crippen molar-refractivity contribution in [3.63, 3.8) is 0 Å². The Morgan fingerprint density at radius 3 is 2.22 bits per heavy atom. The van der Waals surface area contributed by atoms with Gasteiger partial charge in [0, 0.05) is 32.2 Å². The van der Waals surface area contributed by atoms with E-state index >= 15 is 0 Å². The normalized spacial score (nSPS) is 25.4. The van der Waals surface area contributed by atoms with E-state index in [1.807, 2.05) is 4.90 Å². The maximum absolute atomic E-state index is 12.8. The SMILES string of the molecule is O=C1C[C@H](N2CCN(S(=O)(=O)c3ccc(Cl)c(Cl)c3)CC2)C(=O)N1C1CC1. The average Bonchev–Trinajstić information content (AvgIpc) is 3.42. The Hall–Kier alpha value is -1.19. The third-order valence-corrected chi connectivity index (χ3v) is 7.95. The topological polar surface area (TPSA) is 78.0 Å². The van der Waals surface area contributed by atoms with Gasteiger partial charge in [-0.3, -0.25) is 19.4 Å². The Labute approximate surface area is 167 Å². The summed E-state index contributed by atoms with van der Waals surface area (Å²) in [5.74, 6) is -0.248. The van der Waals surface area contributed by atoms with E-state index in [2.05, 4.69) is 0 Å². The van der Waals surface area contributed by atoms with E-state index in [-0.39, 0.29) is 47.3 Å². The molecule has 0 spiro atoms. The predicted molar refractivity (Wildman–Crippen MR) is 100 cm³/mol. The molecule has 4 rings (SSSR count). The first-order valence-electron chi connectivity index (χ1n) is 8.84. The monoisotopic (exact) mass is 431 g/mol. The number of nitrogens with zero attached hydrogens (tertiary/aromatic N) is 3. The number of piperazine rings is 1. The van der Waals surface area contributed by atoms with Crippen LogP contribution >= 0.6 is 23.2 Å². The lowest BCUT2D eigenvalue weighted by Gasteiger charge is -2.36. The lowest BCUT2D eigenvalue weighted by atomic mass is 10.2. The van der Waals surface area contributed by atoms with Crippen LogP contribution in [-0.2, 0) is 19.6 Å². The molecule has 2 heterocycles. The number of carbonyl (C=O) groups is 2. The number of hydrogen-bond donors (Lipinski definition) is 0. The van der Waals surface area contributed by atoms with Crippen molar-refractivity contribution in [2.24, 2.45) is 0 Å². The van der Waals surface area contributed by atoms with Gasteiger partial charge in [-0.15, -0.1) is 0 Å². The molecule has 1 aromatic carbocycles. The molecular weight excluding hydrogens is 413 g/mol. The van der Waals surface area contributed by atoms with Crippen LogP contribution < -0.4 is 0 Å². The summed E-state index contributed by atoms with van der Waals surface area (Å²) < 4.78 is 27.0. The zero-order valence-corrected chi connectivity index (χ0v) is 16.8. The van der Waals surface area contributed by atoms with Gasteiger partial charge in [0.15, 0.2) is 0 Å². The molecule has 10 heteroatoms. The Balaban J connectivity index is 1.43. The number of hydrogen-bond acceptors (Lipinski definition) is 5. The fraction of sp³-hybridized carbons (Fsp3) is 0.529. The molecule has 2 saturated heterocycles. The van der Waals surface area contributed by atoms with Crippen LogP contribution in [0.5, 0.6) is 0 Å². The predicted octanol–water partition coefficient (Wildman–Crippen LogP) is 1.59. The van der Waals surface area contributed by atoms with E-state index in [0.29, 0.717) is 18.1 Å². The van der Waals surface area contributed by atoms with Gasteiger partial charge in [-0.25, -0.2) is 8.42 Å². The maximum Gasteiger partial charge on any atom is 0.247 e. The van der Waals surface area contributed by atoms with Crippen LogP contribution in [0, 0.1) is 0 Å². The summed E-state index contributed by atoms with van der Waals surface area (Å²) in [7, 11) is -3.69. The van der Waals surface area contributed by atoms with Gasteiger partial charge in [0.1, 0.15) is 0 Å². The van der Waals surface area contributed by atoms with Crippen LogP contribution in [-0.4, -0.2) is 72.6 Å². The standard InChI is InChI=1S/C17H19Cl2N3O4S/c18-13-4-3-12(9-14(13)19)27(25,26)21-7-5-20(6-8-21)15-10-16(23)22(17(15)24)11-1-2-11/h3-4,9,11,15H,1-2,5-8,10H2/t15-/m0/s1. The van der Waals surface area contributed by atoms with E-state index in [0.717, 1.165) is 12.8 Å². The second kappa shape index (κ2) is 7.00. The molecule has 146 valence electrons. The number of benzene rings is 1. The minimum absolute atomic E-state index is 0.0753. The van der Waals surface area contributed by atoms with E-state index < -0.39 is 16.1 Å². The van der Waals surface area contributed by atoms with Crippen LogP contribution in [0.1, 0.15) is 19.3 Å². The molecule has 27 heavy (non-hydrogen) atoms. The van der Waals surface area contributed by atoms with Crippen LogP contribution in [0.3, 0.4) is 0 Å². The van der Waals surface area contributed by atoms with E-state index in [4.69, 9.17) is 23.2 Å². The third-order valence-electron chi connectivity index (χ3n) is 5.31. The molecule has 0 radical (unpaired) electrons. The molecule has 0 unspecified atom stereocenters. The van der Waals surface area contributed by atoms with Gasteiger partial charge in [-0.05, 0) is 31.0 Å². The van der Waals surface area contributed by atoms with Gasteiger partial charge in [-0.2, -0.15) is 4.31 Å². The van der Waals surface area contributed by atoms with Crippen molar-refractivity contribution >= 4 is 45.0 Å². The summed E-state index contributed by atoms with van der Waals surface area (Å²) in [5.41, 5.74) is 0. The van der Waals surface area contributed by atoms with Crippen LogP contribution in [0.25, 0.3) is 0 Å². The molecule has 3 fully saturated rings. The highest BCUT2D eigenvalue weighted by atomic mass is 35.5. The quantitative estimate of drug-likeness (QED) is 0.676. The summed E-state index contributed by atoms with van der Waals surface area (Å²) in [6.45, 7) is 1.32. The number of rotatable bonds is 4. The molecule has 7 nitrogen and oxygen atoms in total. The highest BCUT2D eigenvalue weighted by Gasteiger charge is 2.48. The summed E-state index contributed by atoms with van der Waals surface area (Å²) in [6.07, 6.45) is 1.97. The Morgan fingerprint density at radius 2 is 1.63 bits per heavy atom. The van der Waals surface area contributed by atoms with Crippen LogP contribution in [0.4, 0.5) is 0 Å². The largest absolute Gasteiger partial charge is 0.289 e.